The van der Waals surface area contributed by atoms with Gasteiger partial charge in [0.25, 0.3) is 5.91 Å². The maximum absolute atomic E-state index is 12.0. The number of hydrogen-bond donors (Lipinski definition) is 4. The van der Waals surface area contributed by atoms with E-state index in [0.29, 0.717) is 57.3 Å². The Morgan fingerprint density at radius 3 is 2.74 bits per heavy atom. The van der Waals surface area contributed by atoms with E-state index in [1.807, 2.05) is 19.0 Å². The van der Waals surface area contributed by atoms with Gasteiger partial charge in [0.15, 0.2) is 23.9 Å². The number of nitrogens with zero attached hydrogens (tertiary/aromatic N) is 4. The molecule has 0 aliphatic carbocycles. The zero-order valence-corrected chi connectivity index (χ0v) is 20.8. The minimum atomic E-state index is -0.215. The number of likely N-dealkylation sites (N-methyl/N-ethyl adjacent to an activating group) is 1. The molecule has 0 fully saturated rings. The van der Waals surface area contributed by atoms with Crippen molar-refractivity contribution in [2.24, 2.45) is 7.05 Å². The fraction of sp³-hybridized carbons (Fsp3) is 0.304. The lowest BCUT2D eigenvalue weighted by molar-refractivity contribution is -0.123. The van der Waals surface area contributed by atoms with Crippen molar-refractivity contribution >= 4 is 41.0 Å². The smallest absolute Gasteiger partial charge is 0.257 e. The average molecular weight is 501 g/mol. The summed E-state index contributed by atoms with van der Waals surface area (Å²) in [5, 5.41) is 18.2. The predicted molar refractivity (Wildman–Crippen MR) is 137 cm³/mol. The van der Waals surface area contributed by atoms with Crippen LogP contribution in [0.4, 0.5) is 17.3 Å². The number of methoxy groups -OCH3 is 1. The molecular formula is C23H29ClN8O3. The van der Waals surface area contributed by atoms with Crippen molar-refractivity contribution in [3.05, 3.63) is 40.9 Å². The topological polar surface area (TPSA) is 143 Å². The van der Waals surface area contributed by atoms with E-state index in [2.05, 4.69) is 20.7 Å². The first-order valence-corrected chi connectivity index (χ1v) is 11.1. The second kappa shape index (κ2) is 11.5. The van der Waals surface area contributed by atoms with Crippen LogP contribution in [0.3, 0.4) is 0 Å². The number of aryl methyl sites for hydroxylation is 1. The molecule has 0 aliphatic rings. The zero-order valence-electron chi connectivity index (χ0n) is 20.1. The number of nitrogens with two attached hydrogens (primary N) is 1. The normalized spacial score (nSPS) is 10.8. The Kier molecular flexibility index (Phi) is 8.50. The van der Waals surface area contributed by atoms with Gasteiger partial charge in [0, 0.05) is 43.2 Å². The van der Waals surface area contributed by atoms with E-state index in [0.717, 1.165) is 12.8 Å². The first-order chi connectivity index (χ1) is 16.7. The van der Waals surface area contributed by atoms with Gasteiger partial charge >= 0.3 is 0 Å². The molecule has 0 saturated carbocycles. The summed E-state index contributed by atoms with van der Waals surface area (Å²) in [7, 11) is 7.13. The maximum atomic E-state index is 12.0. The fourth-order valence-electron chi connectivity index (χ4n) is 3.13. The third-order valence-electron chi connectivity index (χ3n) is 5.03. The van der Waals surface area contributed by atoms with Gasteiger partial charge in [-0.05, 0) is 44.4 Å². The van der Waals surface area contributed by atoms with E-state index in [-0.39, 0.29) is 12.5 Å². The highest BCUT2D eigenvalue weighted by molar-refractivity contribution is 6.36. The van der Waals surface area contributed by atoms with Crippen LogP contribution in [0.25, 0.3) is 11.4 Å². The highest BCUT2D eigenvalue weighted by Crippen LogP contribution is 2.33. The summed E-state index contributed by atoms with van der Waals surface area (Å²) in [5.41, 5.74) is 7.94. The Labute approximate surface area is 208 Å². The number of ether oxygens (including phenoxy) is 2. The van der Waals surface area contributed by atoms with Crippen LogP contribution in [-0.4, -0.2) is 72.7 Å². The largest absolute Gasteiger partial charge is 0.493 e. The van der Waals surface area contributed by atoms with Crippen LogP contribution in [-0.2, 0) is 11.8 Å². The lowest BCUT2D eigenvalue weighted by Gasteiger charge is -2.13. The molecule has 0 spiro atoms. The molecule has 1 aromatic heterocycles. The lowest BCUT2D eigenvalue weighted by Crippen LogP contribution is -2.34. The van der Waals surface area contributed by atoms with Crippen LogP contribution in [0, 0.1) is 5.41 Å². The summed E-state index contributed by atoms with van der Waals surface area (Å²) in [6, 6.07) is 8.60. The average Bonchev–Trinajstić information content (AvgIpc) is 3.19. The molecule has 1 heterocycles. The Hall–Kier alpha value is -3.83. The summed E-state index contributed by atoms with van der Waals surface area (Å²) in [4.78, 5) is 18.5. The van der Waals surface area contributed by atoms with Crippen molar-refractivity contribution in [2.75, 3.05) is 52.0 Å². The minimum Gasteiger partial charge on any atom is -0.493 e. The van der Waals surface area contributed by atoms with Crippen molar-refractivity contribution in [1.29, 1.82) is 5.41 Å². The van der Waals surface area contributed by atoms with Crippen LogP contribution >= 0.6 is 11.6 Å². The van der Waals surface area contributed by atoms with Crippen LogP contribution < -0.4 is 25.8 Å². The predicted octanol–water partition coefficient (Wildman–Crippen LogP) is 2.52. The molecule has 0 bridgehead atoms. The van der Waals surface area contributed by atoms with Crippen LogP contribution in [0.2, 0.25) is 5.02 Å². The number of aromatic nitrogens is 3. The highest BCUT2D eigenvalue weighted by atomic mass is 35.5. The lowest BCUT2D eigenvalue weighted by atomic mass is 10.1. The third-order valence-corrected chi connectivity index (χ3v) is 5.44. The van der Waals surface area contributed by atoms with Gasteiger partial charge in [-0.3, -0.25) is 4.79 Å². The van der Waals surface area contributed by atoms with E-state index in [9.17, 15) is 4.79 Å². The highest BCUT2D eigenvalue weighted by Gasteiger charge is 2.16. The number of rotatable bonds is 11. The summed E-state index contributed by atoms with van der Waals surface area (Å²) in [6.07, 6.45) is 1.11. The third kappa shape index (κ3) is 6.40. The SMILES string of the molecule is COc1cc(-c2nc(Nc3ccc(N)c(C=N)c3Cl)n(C)n2)ccc1OCC(=O)NCCN(C)C. The van der Waals surface area contributed by atoms with E-state index in [1.165, 1.54) is 7.11 Å². The molecule has 11 nitrogen and oxygen atoms in total. The van der Waals surface area contributed by atoms with Crippen molar-refractivity contribution < 1.29 is 14.3 Å². The van der Waals surface area contributed by atoms with Gasteiger partial charge in [-0.15, -0.1) is 5.10 Å². The second-order valence-electron chi connectivity index (χ2n) is 7.89. The standard InChI is InChI=1S/C23H29ClN8O3/c1-31(2)10-9-27-20(33)13-35-18-8-5-14(11-19(18)34-4)22-29-23(32(3)30-22)28-17-7-6-16(26)15(12-25)21(17)24/h5-8,11-12,25H,9-10,13,26H2,1-4H3,(H,27,33)(H,28,29,30). The van der Waals surface area contributed by atoms with Gasteiger partial charge < -0.3 is 36.2 Å². The van der Waals surface area contributed by atoms with Crippen LogP contribution in [0.1, 0.15) is 5.56 Å². The summed E-state index contributed by atoms with van der Waals surface area (Å²) >= 11 is 6.38. The number of carbonyl (C=O) groups excluding carboxylic acids is 1. The van der Waals surface area contributed by atoms with Crippen molar-refractivity contribution in [3.63, 3.8) is 0 Å². The number of carbonyl (C=O) groups is 1. The van der Waals surface area contributed by atoms with Crippen LogP contribution in [0.15, 0.2) is 30.3 Å². The number of hydrogen-bond acceptors (Lipinski definition) is 9. The van der Waals surface area contributed by atoms with Crippen LogP contribution in [0.5, 0.6) is 11.5 Å². The van der Waals surface area contributed by atoms with E-state index in [4.69, 9.17) is 32.2 Å². The molecule has 2 aromatic carbocycles. The number of amides is 1. The van der Waals surface area contributed by atoms with Crippen molar-refractivity contribution in [3.8, 4) is 22.9 Å². The molecule has 1 amide bonds. The molecule has 12 heteroatoms. The first-order valence-electron chi connectivity index (χ1n) is 10.7. The van der Waals surface area contributed by atoms with Gasteiger partial charge in [0.05, 0.1) is 17.8 Å². The molecular weight excluding hydrogens is 472 g/mol. The molecule has 3 rings (SSSR count). The minimum absolute atomic E-state index is 0.126. The number of nitrogens with one attached hydrogen (secondary N) is 3. The van der Waals surface area contributed by atoms with Gasteiger partial charge in [-0.1, -0.05) is 11.6 Å². The number of nitrogen functional groups attached to an aromatic ring is 1. The Bertz CT molecular complexity index is 1210. The zero-order chi connectivity index (χ0) is 25.5. The number of halogens is 1. The summed E-state index contributed by atoms with van der Waals surface area (Å²) in [6.45, 7) is 1.16. The van der Waals surface area contributed by atoms with Gasteiger partial charge in [0.1, 0.15) is 0 Å². The number of benzene rings is 2. The van der Waals surface area contributed by atoms with E-state index < -0.39 is 0 Å². The second-order valence-corrected chi connectivity index (χ2v) is 8.27. The molecule has 186 valence electrons. The van der Waals surface area contributed by atoms with Gasteiger partial charge in [-0.2, -0.15) is 4.98 Å². The molecule has 0 atom stereocenters. The fourth-order valence-corrected chi connectivity index (χ4v) is 3.40. The van der Waals surface area contributed by atoms with Crippen molar-refractivity contribution in [2.45, 2.75) is 0 Å². The Morgan fingerprint density at radius 2 is 2.06 bits per heavy atom. The summed E-state index contributed by atoms with van der Waals surface area (Å²) in [5.74, 6) is 1.55. The Balaban J connectivity index is 1.74. The summed E-state index contributed by atoms with van der Waals surface area (Å²) < 4.78 is 12.7. The van der Waals surface area contributed by atoms with Crippen molar-refractivity contribution in [1.82, 2.24) is 25.0 Å². The van der Waals surface area contributed by atoms with Gasteiger partial charge in [0.2, 0.25) is 5.95 Å². The molecule has 0 unspecified atom stereocenters. The molecule has 0 aliphatic heterocycles. The van der Waals surface area contributed by atoms with E-state index in [1.54, 1.807) is 42.1 Å². The molecule has 5 N–H and O–H groups in total. The first kappa shape index (κ1) is 25.8. The molecule has 0 radical (unpaired) electrons. The van der Waals surface area contributed by atoms with Gasteiger partial charge in [-0.25, -0.2) is 4.68 Å². The molecule has 3 aromatic rings. The molecule has 35 heavy (non-hydrogen) atoms. The molecule has 0 saturated heterocycles. The van der Waals surface area contributed by atoms with E-state index >= 15 is 0 Å². The monoisotopic (exact) mass is 500 g/mol. The quantitative estimate of drug-likeness (QED) is 0.232. The maximum Gasteiger partial charge on any atom is 0.257 e. The number of anilines is 3. The Morgan fingerprint density at radius 1 is 1.29 bits per heavy atom.